The lowest BCUT2D eigenvalue weighted by Gasteiger charge is -2.27. The molecule has 0 radical (unpaired) electrons. The number of benzene rings is 1. The molecule has 8 heteroatoms. The number of aliphatic hydroxyl groups is 1. The van der Waals surface area contributed by atoms with E-state index in [9.17, 15) is 27.9 Å². The van der Waals surface area contributed by atoms with E-state index in [-0.39, 0.29) is 23.9 Å². The molecule has 0 bridgehead atoms. The average molecular weight is 358 g/mol. The van der Waals surface area contributed by atoms with Crippen LogP contribution in [0.4, 0.5) is 13.2 Å². The molecule has 0 aromatic heterocycles. The van der Waals surface area contributed by atoms with E-state index < -0.39 is 29.8 Å². The van der Waals surface area contributed by atoms with Crippen molar-refractivity contribution < 1.29 is 27.9 Å². The third-order valence-corrected chi connectivity index (χ3v) is 4.10. The maximum atomic E-state index is 13.1. The van der Waals surface area contributed by atoms with Gasteiger partial charge in [0.05, 0.1) is 11.7 Å². The Balaban J connectivity index is 2.11. The first-order chi connectivity index (χ1) is 11.6. The van der Waals surface area contributed by atoms with Crippen molar-refractivity contribution in [3.05, 3.63) is 35.4 Å². The molecule has 138 valence electrons. The van der Waals surface area contributed by atoms with Gasteiger partial charge in [0.15, 0.2) is 0 Å². The van der Waals surface area contributed by atoms with Gasteiger partial charge in [-0.25, -0.2) is 0 Å². The van der Waals surface area contributed by atoms with E-state index >= 15 is 0 Å². The van der Waals surface area contributed by atoms with Crippen molar-refractivity contribution in [1.82, 2.24) is 10.2 Å². The van der Waals surface area contributed by atoms with Gasteiger partial charge in [-0.1, -0.05) is 18.2 Å². The first-order valence-electron chi connectivity index (χ1n) is 7.99. The second-order valence-electron chi connectivity index (χ2n) is 6.35. The number of amides is 2. The minimum absolute atomic E-state index is 0.0521. The molecular weight excluding hydrogens is 337 g/mol. The summed E-state index contributed by atoms with van der Waals surface area (Å²) in [6, 6.07) is 3.81. The fraction of sp³-hybridized carbons (Fsp3) is 0.529. The molecule has 0 spiro atoms. The topological polar surface area (TPSA) is 69.6 Å². The van der Waals surface area contributed by atoms with Crippen molar-refractivity contribution >= 4 is 11.8 Å². The quantitative estimate of drug-likeness (QED) is 0.817. The number of carbonyl (C=O) groups is 2. The van der Waals surface area contributed by atoms with Gasteiger partial charge in [0.1, 0.15) is 6.04 Å². The Labute approximate surface area is 143 Å². The van der Waals surface area contributed by atoms with E-state index in [0.29, 0.717) is 0 Å². The Hall–Kier alpha value is -2.09. The summed E-state index contributed by atoms with van der Waals surface area (Å²) < 4.78 is 39.2. The second kappa shape index (κ2) is 7.43. The molecule has 1 aliphatic rings. The van der Waals surface area contributed by atoms with Gasteiger partial charge < -0.3 is 15.3 Å². The standard InChI is InChI=1S/C17H21F3N2O3/c1-10(23)14(21-15(24)11-7-8-11)16(25)22(2)9-12-5-3-4-6-13(12)17(18,19)20/h3-6,10-11,14,23H,7-9H2,1-2H3,(H,21,24)/t10-,14-/m0/s1. The fourth-order valence-corrected chi connectivity index (χ4v) is 2.51. The van der Waals surface area contributed by atoms with Crippen LogP contribution in [0.25, 0.3) is 0 Å². The van der Waals surface area contributed by atoms with Crippen LogP contribution in [0.3, 0.4) is 0 Å². The van der Waals surface area contributed by atoms with Crippen LogP contribution in [0.2, 0.25) is 0 Å². The number of carbonyl (C=O) groups excluding carboxylic acids is 2. The van der Waals surface area contributed by atoms with Crippen molar-refractivity contribution in [2.24, 2.45) is 5.92 Å². The summed E-state index contributed by atoms with van der Waals surface area (Å²) in [6.45, 7) is 1.07. The molecule has 2 rings (SSSR count). The lowest BCUT2D eigenvalue weighted by atomic mass is 10.1. The van der Waals surface area contributed by atoms with Crippen molar-refractivity contribution in [1.29, 1.82) is 0 Å². The molecule has 2 atom stereocenters. The normalized spacial score (nSPS) is 16.9. The Bertz CT molecular complexity index is 642. The first kappa shape index (κ1) is 19.2. The van der Waals surface area contributed by atoms with Crippen LogP contribution in [0.15, 0.2) is 24.3 Å². The molecule has 2 N–H and O–H groups in total. The highest BCUT2D eigenvalue weighted by molar-refractivity contribution is 5.89. The van der Waals surface area contributed by atoms with Gasteiger partial charge in [0, 0.05) is 19.5 Å². The van der Waals surface area contributed by atoms with E-state index in [1.54, 1.807) is 0 Å². The molecule has 0 aliphatic heterocycles. The van der Waals surface area contributed by atoms with E-state index in [1.807, 2.05) is 0 Å². The van der Waals surface area contributed by atoms with Crippen LogP contribution >= 0.6 is 0 Å². The monoisotopic (exact) mass is 358 g/mol. The van der Waals surface area contributed by atoms with Gasteiger partial charge in [0.2, 0.25) is 11.8 Å². The van der Waals surface area contributed by atoms with Crippen LogP contribution in [-0.2, 0) is 22.3 Å². The summed E-state index contributed by atoms with van der Waals surface area (Å²) in [5.41, 5.74) is -0.867. The summed E-state index contributed by atoms with van der Waals surface area (Å²) in [6.07, 6.45) is -4.21. The Morgan fingerprint density at radius 3 is 2.44 bits per heavy atom. The largest absolute Gasteiger partial charge is 0.416 e. The number of nitrogens with zero attached hydrogens (tertiary/aromatic N) is 1. The average Bonchev–Trinajstić information content (AvgIpc) is 3.35. The van der Waals surface area contributed by atoms with E-state index in [1.165, 1.54) is 32.2 Å². The van der Waals surface area contributed by atoms with Crippen molar-refractivity contribution in [3.8, 4) is 0 Å². The van der Waals surface area contributed by atoms with Crippen LogP contribution in [0, 0.1) is 5.92 Å². The zero-order valence-corrected chi connectivity index (χ0v) is 14.0. The molecule has 1 aliphatic carbocycles. The number of likely N-dealkylation sites (N-methyl/N-ethyl adjacent to an activating group) is 1. The minimum atomic E-state index is -4.52. The number of hydrogen-bond donors (Lipinski definition) is 2. The predicted molar refractivity (Wildman–Crippen MR) is 84.3 cm³/mol. The number of rotatable bonds is 6. The number of alkyl halides is 3. The van der Waals surface area contributed by atoms with Crippen LogP contribution < -0.4 is 5.32 Å². The lowest BCUT2D eigenvalue weighted by molar-refractivity contribution is -0.141. The molecular formula is C17H21F3N2O3. The molecule has 25 heavy (non-hydrogen) atoms. The summed E-state index contributed by atoms with van der Waals surface area (Å²) in [5, 5.41) is 12.3. The minimum Gasteiger partial charge on any atom is -0.391 e. The van der Waals surface area contributed by atoms with Crippen molar-refractivity contribution in [3.63, 3.8) is 0 Å². The van der Waals surface area contributed by atoms with Crippen LogP contribution in [-0.4, -0.2) is 41.0 Å². The summed E-state index contributed by atoms with van der Waals surface area (Å²) in [7, 11) is 1.34. The number of halogens is 3. The molecule has 0 heterocycles. The SMILES string of the molecule is C[C@H](O)[C@H](NC(=O)C1CC1)C(=O)N(C)Cc1ccccc1C(F)(F)F. The zero-order chi connectivity index (χ0) is 18.8. The Morgan fingerprint density at radius 2 is 1.92 bits per heavy atom. The van der Waals surface area contributed by atoms with Gasteiger partial charge in [-0.15, -0.1) is 0 Å². The summed E-state index contributed by atoms with van der Waals surface area (Å²) >= 11 is 0. The fourth-order valence-electron chi connectivity index (χ4n) is 2.51. The van der Waals surface area contributed by atoms with Crippen molar-refractivity contribution in [2.45, 2.75) is 44.6 Å². The molecule has 1 aromatic rings. The van der Waals surface area contributed by atoms with Crippen molar-refractivity contribution in [2.75, 3.05) is 7.05 Å². The van der Waals surface area contributed by atoms with Gasteiger partial charge in [-0.3, -0.25) is 9.59 Å². The number of nitrogens with one attached hydrogen (secondary N) is 1. The van der Waals surface area contributed by atoms with E-state index in [2.05, 4.69) is 5.32 Å². The zero-order valence-electron chi connectivity index (χ0n) is 14.0. The highest BCUT2D eigenvalue weighted by Gasteiger charge is 2.36. The van der Waals surface area contributed by atoms with Crippen LogP contribution in [0.5, 0.6) is 0 Å². The Morgan fingerprint density at radius 1 is 1.32 bits per heavy atom. The van der Waals surface area contributed by atoms with Gasteiger partial charge in [-0.05, 0) is 31.4 Å². The maximum Gasteiger partial charge on any atom is 0.416 e. The summed E-state index contributed by atoms with van der Waals surface area (Å²) in [5.74, 6) is -1.10. The van der Waals surface area contributed by atoms with E-state index in [4.69, 9.17) is 0 Å². The smallest absolute Gasteiger partial charge is 0.391 e. The number of aliphatic hydroxyl groups excluding tert-OH is 1. The van der Waals surface area contributed by atoms with E-state index in [0.717, 1.165) is 23.8 Å². The third-order valence-electron chi connectivity index (χ3n) is 4.10. The number of hydrogen-bond acceptors (Lipinski definition) is 3. The molecule has 0 saturated heterocycles. The molecule has 1 fully saturated rings. The second-order valence-corrected chi connectivity index (χ2v) is 6.35. The van der Waals surface area contributed by atoms with Gasteiger partial charge >= 0.3 is 6.18 Å². The van der Waals surface area contributed by atoms with Gasteiger partial charge in [0.25, 0.3) is 0 Å². The predicted octanol–water partition coefficient (Wildman–Crippen LogP) is 1.94. The maximum absolute atomic E-state index is 13.1. The van der Waals surface area contributed by atoms with Crippen LogP contribution in [0.1, 0.15) is 30.9 Å². The summed E-state index contributed by atoms with van der Waals surface area (Å²) in [4.78, 5) is 25.4. The highest BCUT2D eigenvalue weighted by Crippen LogP contribution is 2.32. The molecule has 0 unspecified atom stereocenters. The first-order valence-corrected chi connectivity index (χ1v) is 7.99. The Kier molecular flexibility index (Phi) is 5.72. The molecule has 2 amide bonds. The third kappa shape index (κ3) is 4.94. The van der Waals surface area contributed by atoms with Gasteiger partial charge in [-0.2, -0.15) is 13.2 Å². The molecule has 5 nitrogen and oxygen atoms in total. The lowest BCUT2D eigenvalue weighted by Crippen LogP contribution is -2.53. The highest BCUT2D eigenvalue weighted by atomic mass is 19.4. The molecule has 1 saturated carbocycles. The molecule has 1 aromatic carbocycles.